The van der Waals surface area contributed by atoms with Crippen LogP contribution in [0.4, 0.5) is 0 Å². The first kappa shape index (κ1) is 12.4. The first-order chi connectivity index (χ1) is 10.7. The molecule has 0 N–H and O–H groups in total. The maximum absolute atomic E-state index is 2.48. The summed E-state index contributed by atoms with van der Waals surface area (Å²) in [5.41, 5.74) is 5.84. The van der Waals surface area contributed by atoms with Crippen LogP contribution in [-0.4, -0.2) is 8.07 Å². The smallest absolute Gasteiger partial charge is 0.0620 e. The Morgan fingerprint density at radius 1 is 0.773 bits per heavy atom. The van der Waals surface area contributed by atoms with Gasteiger partial charge in [-0.1, -0.05) is 73.8 Å². The summed E-state index contributed by atoms with van der Waals surface area (Å²) in [4.78, 5) is 0. The van der Waals surface area contributed by atoms with Crippen molar-refractivity contribution < 1.29 is 0 Å². The van der Waals surface area contributed by atoms with E-state index in [0.29, 0.717) is 0 Å². The number of benzene rings is 3. The quantitative estimate of drug-likeness (QED) is 0.567. The van der Waals surface area contributed by atoms with Gasteiger partial charge in [-0.3, -0.25) is 0 Å². The van der Waals surface area contributed by atoms with Gasteiger partial charge in [-0.05, 0) is 43.4 Å². The maximum atomic E-state index is 2.48. The lowest BCUT2D eigenvalue weighted by molar-refractivity contribution is 1.53. The summed E-state index contributed by atoms with van der Waals surface area (Å²) >= 11 is 0. The molecule has 0 amide bonds. The van der Waals surface area contributed by atoms with Crippen LogP contribution in [0.15, 0.2) is 60.7 Å². The first-order valence-electron chi connectivity index (χ1n) is 7.89. The van der Waals surface area contributed by atoms with Gasteiger partial charge >= 0.3 is 0 Å². The molecule has 1 aliphatic heterocycles. The Bertz CT molecular complexity index is 971. The zero-order valence-corrected chi connectivity index (χ0v) is 13.9. The van der Waals surface area contributed by atoms with E-state index in [-0.39, 0.29) is 0 Å². The molecule has 0 bridgehead atoms. The monoisotopic (exact) mass is 297 g/mol. The summed E-state index contributed by atoms with van der Waals surface area (Å²) in [7, 11) is -1.43. The third kappa shape index (κ3) is 1.37. The second-order valence-corrected chi connectivity index (χ2v) is 11.1. The highest BCUT2D eigenvalue weighted by atomic mass is 28.3. The van der Waals surface area contributed by atoms with Crippen molar-refractivity contribution in [2.24, 2.45) is 0 Å². The van der Waals surface area contributed by atoms with Gasteiger partial charge in [0.15, 0.2) is 0 Å². The minimum absolute atomic E-state index is 1.33. The fourth-order valence-corrected chi connectivity index (χ4v) is 7.52. The zero-order chi connectivity index (χ0) is 14.9. The summed E-state index contributed by atoms with van der Waals surface area (Å²) in [6, 6.07) is 22.2. The minimum Gasteiger partial charge on any atom is -0.0620 e. The van der Waals surface area contributed by atoms with Crippen molar-refractivity contribution in [3.63, 3.8) is 0 Å². The Morgan fingerprint density at radius 3 is 2.45 bits per heavy atom. The first-order valence-corrected chi connectivity index (χ1v) is 10.9. The van der Waals surface area contributed by atoms with E-state index in [1.165, 1.54) is 27.5 Å². The molecule has 1 radical (unpaired) electrons. The van der Waals surface area contributed by atoms with Gasteiger partial charge in [0.25, 0.3) is 0 Å². The molecule has 0 unspecified atom stereocenters. The molecule has 2 aliphatic rings. The average Bonchev–Trinajstić information content (AvgIpc) is 2.93. The van der Waals surface area contributed by atoms with Crippen molar-refractivity contribution in [2.75, 3.05) is 0 Å². The van der Waals surface area contributed by atoms with E-state index in [1.807, 2.05) is 0 Å². The number of allylic oxidation sites excluding steroid dienone is 1. The second kappa shape index (κ2) is 3.99. The van der Waals surface area contributed by atoms with Gasteiger partial charge < -0.3 is 0 Å². The van der Waals surface area contributed by atoms with Crippen LogP contribution in [0, 0.1) is 6.42 Å². The van der Waals surface area contributed by atoms with Gasteiger partial charge in [-0.25, -0.2) is 0 Å². The van der Waals surface area contributed by atoms with Crippen molar-refractivity contribution >= 4 is 34.8 Å². The van der Waals surface area contributed by atoms with Crippen LogP contribution in [-0.2, 0) is 0 Å². The molecule has 0 atom stereocenters. The Kier molecular flexibility index (Phi) is 2.25. The van der Waals surface area contributed by atoms with Crippen LogP contribution < -0.4 is 5.19 Å². The summed E-state index contributed by atoms with van der Waals surface area (Å²) in [6.45, 7) is 4.97. The Hall–Kier alpha value is -2.12. The maximum Gasteiger partial charge on any atom is 0.114 e. The topological polar surface area (TPSA) is 0 Å². The third-order valence-electron chi connectivity index (χ3n) is 5.29. The molecule has 0 nitrogen and oxygen atoms in total. The van der Waals surface area contributed by atoms with Crippen LogP contribution >= 0.6 is 0 Å². The lowest BCUT2D eigenvalue weighted by Gasteiger charge is -2.39. The molecule has 0 saturated carbocycles. The molecule has 0 spiro atoms. The summed E-state index contributed by atoms with van der Waals surface area (Å²) in [5.74, 6) is 0. The van der Waals surface area contributed by atoms with Gasteiger partial charge in [0.05, 0.1) is 0 Å². The molecule has 5 rings (SSSR count). The number of fused-ring (bicyclic) bond motifs is 1. The van der Waals surface area contributed by atoms with E-state index < -0.39 is 8.07 Å². The average molecular weight is 297 g/mol. The van der Waals surface area contributed by atoms with Gasteiger partial charge in [0, 0.05) is 6.42 Å². The van der Waals surface area contributed by atoms with Gasteiger partial charge in [-0.2, -0.15) is 0 Å². The molecule has 1 aliphatic carbocycles. The molecule has 1 heteroatoms. The largest absolute Gasteiger partial charge is 0.114 e. The number of rotatable bonds is 1. The Morgan fingerprint density at radius 2 is 1.55 bits per heavy atom. The highest BCUT2D eigenvalue weighted by Crippen LogP contribution is 2.50. The zero-order valence-electron chi connectivity index (χ0n) is 12.9. The van der Waals surface area contributed by atoms with Crippen LogP contribution in [0.3, 0.4) is 0 Å². The van der Waals surface area contributed by atoms with Crippen molar-refractivity contribution in [1.82, 2.24) is 0 Å². The van der Waals surface area contributed by atoms with E-state index in [4.69, 9.17) is 0 Å². The van der Waals surface area contributed by atoms with Crippen molar-refractivity contribution in [2.45, 2.75) is 13.1 Å². The molecule has 22 heavy (non-hydrogen) atoms. The fraction of sp³-hybridized carbons (Fsp3) is 0.0952. The predicted molar refractivity (Wildman–Crippen MR) is 97.7 cm³/mol. The second-order valence-electron chi connectivity index (χ2n) is 6.85. The third-order valence-corrected chi connectivity index (χ3v) is 8.83. The summed E-state index contributed by atoms with van der Waals surface area (Å²) < 4.78 is 0. The molecule has 0 fully saturated rings. The highest BCUT2D eigenvalue weighted by Gasteiger charge is 2.47. The molecule has 3 aromatic carbocycles. The van der Waals surface area contributed by atoms with E-state index in [1.54, 1.807) is 15.9 Å². The molecule has 3 aromatic rings. The summed E-state index contributed by atoms with van der Waals surface area (Å²) in [5, 5.41) is 5.99. The summed E-state index contributed by atoms with van der Waals surface area (Å²) in [6.07, 6.45) is 2.41. The van der Waals surface area contributed by atoms with Crippen LogP contribution in [0.25, 0.3) is 21.5 Å². The van der Waals surface area contributed by atoms with Gasteiger partial charge in [0.1, 0.15) is 8.07 Å². The molecule has 0 saturated heterocycles. The van der Waals surface area contributed by atoms with E-state index in [2.05, 4.69) is 80.2 Å². The van der Waals surface area contributed by atoms with E-state index >= 15 is 0 Å². The van der Waals surface area contributed by atoms with Crippen LogP contribution in [0.2, 0.25) is 13.1 Å². The fourth-order valence-electron chi connectivity index (χ4n) is 4.25. The lowest BCUT2D eigenvalue weighted by Crippen LogP contribution is -2.54. The Labute approximate surface area is 132 Å². The molecule has 105 valence electrons. The molecule has 0 aromatic heterocycles. The van der Waals surface area contributed by atoms with Crippen molar-refractivity contribution in [1.29, 1.82) is 0 Å². The molecule has 1 heterocycles. The molecular formula is C21H17Si. The highest BCUT2D eigenvalue weighted by molar-refractivity contribution is 7.11. The van der Waals surface area contributed by atoms with Gasteiger partial charge in [-0.15, -0.1) is 0 Å². The number of hydrogen-bond donors (Lipinski definition) is 0. The van der Waals surface area contributed by atoms with Crippen LogP contribution in [0.5, 0.6) is 0 Å². The standard InChI is InChI=1S/C21H17Si/c1-22(2)19-12-6-9-15-13-18(21(22)20(15)19)17-11-5-8-14-7-3-4-10-16(14)17/h3-13H,1-2H3. The van der Waals surface area contributed by atoms with Crippen LogP contribution in [0.1, 0.15) is 16.7 Å². The number of hydrogen-bond acceptors (Lipinski definition) is 0. The predicted octanol–water partition coefficient (Wildman–Crippen LogP) is 4.78. The van der Waals surface area contributed by atoms with Crippen molar-refractivity contribution in [3.8, 4) is 0 Å². The van der Waals surface area contributed by atoms with E-state index in [0.717, 1.165) is 0 Å². The SMILES string of the molecule is C[Si]1(C)C2=C(c3cccc4ccccc34)[CH]c3cccc1c32. The van der Waals surface area contributed by atoms with Crippen molar-refractivity contribution in [3.05, 3.63) is 83.8 Å². The lowest BCUT2D eigenvalue weighted by atomic mass is 9.97. The Balaban J connectivity index is 1.84. The minimum atomic E-state index is -1.43. The van der Waals surface area contributed by atoms with E-state index in [9.17, 15) is 0 Å². The van der Waals surface area contributed by atoms with Gasteiger partial charge in [0.2, 0.25) is 0 Å². The molecular weight excluding hydrogens is 280 g/mol. The normalized spacial score (nSPS) is 17.5.